The number of nitrogens with one attached hydrogen (secondary N) is 2. The van der Waals surface area contributed by atoms with Gasteiger partial charge in [0.25, 0.3) is 0 Å². The Hall–Kier alpha value is -2.45. The van der Waals surface area contributed by atoms with Crippen LogP contribution in [0.4, 0.5) is 0 Å². The van der Waals surface area contributed by atoms with Crippen molar-refractivity contribution in [2.24, 2.45) is 0 Å². The van der Waals surface area contributed by atoms with Crippen LogP contribution in [0.15, 0.2) is 41.4 Å². The molecule has 3 rings (SSSR count). The first-order chi connectivity index (χ1) is 14.0. The first-order valence-corrected chi connectivity index (χ1v) is 11.4. The minimum absolute atomic E-state index is 0.0383. The van der Waals surface area contributed by atoms with Crippen LogP contribution in [0.3, 0.4) is 0 Å². The molecule has 1 heterocycles. The highest BCUT2D eigenvalue weighted by Gasteiger charge is 2.18. The number of nitrogens with zero attached hydrogens (tertiary/aromatic N) is 1. The van der Waals surface area contributed by atoms with Gasteiger partial charge in [0.2, 0.25) is 21.8 Å². The number of aryl methyl sites for hydroxylation is 2. The molecule has 29 heavy (non-hydrogen) atoms. The first kappa shape index (κ1) is 21.3. The van der Waals surface area contributed by atoms with Crippen molar-refractivity contribution in [1.82, 2.24) is 15.0 Å². The number of fused-ring (bicyclic) bond motifs is 1. The third-order valence-electron chi connectivity index (χ3n) is 4.88. The van der Waals surface area contributed by atoms with E-state index in [1.54, 1.807) is 24.4 Å². The van der Waals surface area contributed by atoms with Crippen LogP contribution in [0.5, 0.6) is 5.88 Å². The average molecular weight is 418 g/mol. The minimum atomic E-state index is -3.63. The van der Waals surface area contributed by atoms with Gasteiger partial charge in [0.1, 0.15) is 0 Å². The molecule has 0 saturated carbocycles. The fourth-order valence-electron chi connectivity index (χ4n) is 3.37. The molecular formula is C21H27N3O4S. The lowest BCUT2D eigenvalue weighted by molar-refractivity contribution is -0.121. The van der Waals surface area contributed by atoms with E-state index in [-0.39, 0.29) is 30.3 Å². The highest BCUT2D eigenvalue weighted by atomic mass is 32.2. The second-order valence-corrected chi connectivity index (χ2v) is 8.73. The first-order valence-electron chi connectivity index (χ1n) is 9.94. The summed E-state index contributed by atoms with van der Waals surface area (Å²) in [6.45, 7) is 2.67. The lowest BCUT2D eigenvalue weighted by Gasteiger charge is -2.16. The van der Waals surface area contributed by atoms with E-state index < -0.39 is 10.0 Å². The summed E-state index contributed by atoms with van der Waals surface area (Å²) in [7, 11) is -3.63. The number of carbonyl (C=O) groups excluding carboxylic acids is 1. The Labute approximate surface area is 171 Å². The zero-order valence-corrected chi connectivity index (χ0v) is 17.4. The predicted octanol–water partition coefficient (Wildman–Crippen LogP) is 2.34. The van der Waals surface area contributed by atoms with Gasteiger partial charge in [-0.05, 0) is 61.9 Å². The number of aromatic nitrogens is 1. The van der Waals surface area contributed by atoms with Crippen molar-refractivity contribution in [3.8, 4) is 5.88 Å². The van der Waals surface area contributed by atoms with Crippen molar-refractivity contribution in [2.75, 3.05) is 13.2 Å². The molecule has 156 valence electrons. The molecule has 0 bridgehead atoms. The SMILES string of the molecule is CCOc1ncccc1CNC(=O)CCNS(=O)(=O)c1ccc2c(c1)CCCC2. The number of amides is 1. The molecule has 0 spiro atoms. The smallest absolute Gasteiger partial charge is 0.240 e. The molecular weight excluding hydrogens is 390 g/mol. The third kappa shape index (κ3) is 5.77. The number of sulfonamides is 1. The monoisotopic (exact) mass is 417 g/mol. The summed E-state index contributed by atoms with van der Waals surface area (Å²) in [6.07, 6.45) is 5.84. The van der Waals surface area contributed by atoms with E-state index in [2.05, 4.69) is 15.0 Å². The summed E-state index contributed by atoms with van der Waals surface area (Å²) < 4.78 is 33.0. The molecule has 1 amide bonds. The van der Waals surface area contributed by atoms with Crippen molar-refractivity contribution >= 4 is 15.9 Å². The van der Waals surface area contributed by atoms with Crippen LogP contribution >= 0.6 is 0 Å². The zero-order chi connectivity index (χ0) is 20.7. The van der Waals surface area contributed by atoms with Crippen LogP contribution in [-0.2, 0) is 34.2 Å². The van der Waals surface area contributed by atoms with Crippen molar-refractivity contribution in [2.45, 2.75) is 50.5 Å². The van der Waals surface area contributed by atoms with Gasteiger partial charge in [-0.25, -0.2) is 18.1 Å². The van der Waals surface area contributed by atoms with E-state index in [1.807, 2.05) is 19.1 Å². The quantitative estimate of drug-likeness (QED) is 0.653. The number of carbonyl (C=O) groups is 1. The van der Waals surface area contributed by atoms with Gasteiger partial charge in [-0.3, -0.25) is 4.79 Å². The number of ether oxygens (including phenoxy) is 1. The van der Waals surface area contributed by atoms with Crippen LogP contribution in [0.1, 0.15) is 42.9 Å². The van der Waals surface area contributed by atoms with Crippen LogP contribution in [0.2, 0.25) is 0 Å². The minimum Gasteiger partial charge on any atom is -0.478 e. The molecule has 0 unspecified atom stereocenters. The van der Waals surface area contributed by atoms with E-state index in [9.17, 15) is 13.2 Å². The fraction of sp³-hybridized carbons (Fsp3) is 0.429. The number of rotatable bonds is 9. The Bertz CT molecular complexity index is 960. The summed E-state index contributed by atoms with van der Waals surface area (Å²) in [4.78, 5) is 16.5. The lowest BCUT2D eigenvalue weighted by Crippen LogP contribution is -2.30. The summed E-state index contributed by atoms with van der Waals surface area (Å²) >= 11 is 0. The Morgan fingerprint density at radius 2 is 1.97 bits per heavy atom. The normalized spacial score (nSPS) is 13.6. The maximum Gasteiger partial charge on any atom is 0.240 e. The van der Waals surface area contributed by atoms with Crippen molar-refractivity contribution in [1.29, 1.82) is 0 Å². The maximum absolute atomic E-state index is 12.5. The largest absolute Gasteiger partial charge is 0.478 e. The second-order valence-electron chi connectivity index (χ2n) is 6.96. The van der Waals surface area contributed by atoms with Gasteiger partial charge in [0.05, 0.1) is 11.5 Å². The van der Waals surface area contributed by atoms with Gasteiger partial charge < -0.3 is 10.1 Å². The molecule has 0 saturated heterocycles. The van der Waals surface area contributed by atoms with Gasteiger partial charge in [-0.15, -0.1) is 0 Å². The molecule has 0 radical (unpaired) electrons. The zero-order valence-electron chi connectivity index (χ0n) is 16.6. The van der Waals surface area contributed by atoms with Crippen LogP contribution in [0.25, 0.3) is 0 Å². The summed E-state index contributed by atoms with van der Waals surface area (Å²) in [5, 5.41) is 2.77. The molecule has 1 aliphatic rings. The molecule has 2 N–H and O–H groups in total. The van der Waals surface area contributed by atoms with Gasteiger partial charge in [0, 0.05) is 31.3 Å². The van der Waals surface area contributed by atoms with Gasteiger partial charge >= 0.3 is 0 Å². The molecule has 2 aromatic rings. The molecule has 0 fully saturated rings. The Morgan fingerprint density at radius 3 is 2.76 bits per heavy atom. The molecule has 8 heteroatoms. The van der Waals surface area contributed by atoms with Crippen LogP contribution in [0, 0.1) is 0 Å². The topological polar surface area (TPSA) is 97.4 Å². The summed E-state index contributed by atoms with van der Waals surface area (Å²) in [5.41, 5.74) is 3.12. The van der Waals surface area contributed by atoms with Gasteiger partial charge in [-0.2, -0.15) is 0 Å². The molecule has 1 aromatic heterocycles. The average Bonchev–Trinajstić information content (AvgIpc) is 2.73. The number of pyridine rings is 1. The van der Waals surface area contributed by atoms with E-state index in [1.165, 1.54) is 5.56 Å². The van der Waals surface area contributed by atoms with E-state index in [0.717, 1.165) is 36.8 Å². The molecule has 0 atom stereocenters. The Kier molecular flexibility index (Phi) is 7.22. The highest BCUT2D eigenvalue weighted by molar-refractivity contribution is 7.89. The van der Waals surface area contributed by atoms with Crippen molar-refractivity contribution in [3.63, 3.8) is 0 Å². The van der Waals surface area contributed by atoms with Gasteiger partial charge in [0.15, 0.2) is 0 Å². The fourth-order valence-corrected chi connectivity index (χ4v) is 4.45. The third-order valence-corrected chi connectivity index (χ3v) is 6.34. The van der Waals surface area contributed by atoms with Crippen molar-refractivity contribution in [3.05, 3.63) is 53.2 Å². The number of hydrogen-bond acceptors (Lipinski definition) is 5. The molecule has 1 aliphatic carbocycles. The second kappa shape index (κ2) is 9.84. The number of hydrogen-bond donors (Lipinski definition) is 2. The Balaban J connectivity index is 1.49. The van der Waals surface area contributed by atoms with Gasteiger partial charge in [-0.1, -0.05) is 12.1 Å². The molecule has 0 aliphatic heterocycles. The van der Waals surface area contributed by atoms with E-state index in [0.29, 0.717) is 12.5 Å². The number of benzene rings is 1. The standard InChI is InChI=1S/C21H27N3O4S/c1-2-28-21-18(8-5-12-22-21)15-23-20(25)11-13-24-29(26,27)19-10-9-16-6-3-4-7-17(16)14-19/h5,8-10,12,14,24H,2-4,6-7,11,13,15H2,1H3,(H,23,25). The summed E-state index contributed by atoms with van der Waals surface area (Å²) in [5.74, 6) is 0.243. The van der Waals surface area contributed by atoms with E-state index >= 15 is 0 Å². The van der Waals surface area contributed by atoms with Crippen LogP contribution in [-0.4, -0.2) is 32.5 Å². The highest BCUT2D eigenvalue weighted by Crippen LogP contribution is 2.24. The maximum atomic E-state index is 12.5. The summed E-state index contributed by atoms with van der Waals surface area (Å²) in [6, 6.07) is 8.91. The molecule has 7 nitrogen and oxygen atoms in total. The van der Waals surface area contributed by atoms with Crippen molar-refractivity contribution < 1.29 is 17.9 Å². The van der Waals surface area contributed by atoms with E-state index in [4.69, 9.17) is 4.74 Å². The predicted molar refractivity (Wildman–Crippen MR) is 110 cm³/mol. The Morgan fingerprint density at radius 1 is 1.17 bits per heavy atom. The molecule has 1 aromatic carbocycles. The lowest BCUT2D eigenvalue weighted by atomic mass is 9.92. The van der Waals surface area contributed by atoms with Crippen LogP contribution < -0.4 is 14.8 Å².